The van der Waals surface area contributed by atoms with Crippen LogP contribution in [-0.4, -0.2) is 39.0 Å². The number of carbonyl (C=O) groups is 3. The Hall–Kier alpha value is -3.94. The van der Waals surface area contributed by atoms with E-state index in [2.05, 4.69) is 5.32 Å². The van der Waals surface area contributed by atoms with Crippen molar-refractivity contribution in [2.45, 2.75) is 6.54 Å². The second kappa shape index (κ2) is 7.23. The van der Waals surface area contributed by atoms with E-state index in [0.717, 1.165) is 10.9 Å². The number of carboxylic acids is 1. The summed E-state index contributed by atoms with van der Waals surface area (Å²) in [6.07, 6.45) is 3.27. The number of aromatic nitrogens is 1. The second-order valence-electron chi connectivity index (χ2n) is 6.59. The summed E-state index contributed by atoms with van der Waals surface area (Å²) in [4.78, 5) is 35.8. The van der Waals surface area contributed by atoms with Crippen molar-refractivity contribution in [3.63, 3.8) is 0 Å². The van der Waals surface area contributed by atoms with Gasteiger partial charge >= 0.3 is 12.0 Å². The molecule has 0 spiro atoms. The minimum atomic E-state index is -1.28. The standard InChI is InChI=1S/C21H16FN3O4/c22-16-7-3-1-5-13(16)10-24-11-14(15-6-2-4-8-18(15)24)9-17-20(28)25(12-19(26)27)21(29)23-17/h1-9,11H,10,12H2,(H,23,29)(H,26,27)/b17-9+. The lowest BCUT2D eigenvalue weighted by Crippen LogP contribution is -2.35. The van der Waals surface area contributed by atoms with Crippen molar-refractivity contribution in [2.24, 2.45) is 0 Å². The van der Waals surface area contributed by atoms with Crippen molar-refractivity contribution >= 4 is 34.9 Å². The average molecular weight is 393 g/mol. The van der Waals surface area contributed by atoms with Crippen molar-refractivity contribution in [1.29, 1.82) is 0 Å². The zero-order valence-corrected chi connectivity index (χ0v) is 15.1. The highest BCUT2D eigenvalue weighted by Crippen LogP contribution is 2.26. The van der Waals surface area contributed by atoms with E-state index in [1.807, 2.05) is 28.8 Å². The van der Waals surface area contributed by atoms with E-state index >= 15 is 0 Å². The lowest BCUT2D eigenvalue weighted by atomic mass is 10.1. The van der Waals surface area contributed by atoms with Crippen molar-refractivity contribution in [1.82, 2.24) is 14.8 Å². The number of rotatable bonds is 5. The van der Waals surface area contributed by atoms with Gasteiger partial charge in [0.1, 0.15) is 18.1 Å². The molecule has 1 aromatic heterocycles. The SMILES string of the molecule is O=C(O)CN1C(=O)N/C(=C/c2cn(Cc3ccccc3F)c3ccccc23)C1=O. The van der Waals surface area contributed by atoms with Gasteiger partial charge in [-0.15, -0.1) is 0 Å². The summed E-state index contributed by atoms with van der Waals surface area (Å²) < 4.78 is 15.9. The summed E-state index contributed by atoms with van der Waals surface area (Å²) in [6, 6.07) is 13.1. The smallest absolute Gasteiger partial charge is 0.329 e. The first-order chi connectivity index (χ1) is 13.9. The third-order valence-corrected chi connectivity index (χ3v) is 4.67. The van der Waals surface area contributed by atoms with Crippen molar-refractivity contribution in [3.05, 3.63) is 77.4 Å². The molecule has 0 atom stereocenters. The van der Waals surface area contributed by atoms with Gasteiger partial charge in [0.25, 0.3) is 5.91 Å². The number of nitrogens with one attached hydrogen (secondary N) is 1. The summed E-state index contributed by atoms with van der Waals surface area (Å²) in [5.74, 6) is -2.30. The molecule has 1 aliphatic rings. The molecule has 1 saturated heterocycles. The molecule has 7 nitrogen and oxygen atoms in total. The number of hydrogen-bond acceptors (Lipinski definition) is 3. The van der Waals surface area contributed by atoms with Crippen molar-refractivity contribution < 1.29 is 23.9 Å². The van der Waals surface area contributed by atoms with Crippen LogP contribution in [0.1, 0.15) is 11.1 Å². The summed E-state index contributed by atoms with van der Waals surface area (Å²) >= 11 is 0. The maximum Gasteiger partial charge on any atom is 0.329 e. The quantitative estimate of drug-likeness (QED) is 0.515. The van der Waals surface area contributed by atoms with Crippen molar-refractivity contribution in [3.8, 4) is 0 Å². The number of hydrogen-bond donors (Lipinski definition) is 2. The highest BCUT2D eigenvalue weighted by Gasteiger charge is 2.35. The van der Waals surface area contributed by atoms with Gasteiger partial charge in [0.05, 0.1) is 6.54 Å². The molecule has 0 unspecified atom stereocenters. The first kappa shape index (κ1) is 18.4. The monoisotopic (exact) mass is 393 g/mol. The highest BCUT2D eigenvalue weighted by atomic mass is 19.1. The topological polar surface area (TPSA) is 91.6 Å². The maximum absolute atomic E-state index is 14.1. The van der Waals surface area contributed by atoms with Gasteiger partial charge in [0.15, 0.2) is 0 Å². The van der Waals surface area contributed by atoms with E-state index in [4.69, 9.17) is 5.11 Å². The van der Waals surface area contributed by atoms with Crippen LogP contribution in [0.15, 0.2) is 60.4 Å². The Balaban J connectivity index is 1.73. The molecule has 8 heteroatoms. The Kier molecular flexibility index (Phi) is 4.59. The molecule has 29 heavy (non-hydrogen) atoms. The molecule has 1 aliphatic heterocycles. The predicted octanol–water partition coefficient (Wildman–Crippen LogP) is 2.81. The van der Waals surface area contributed by atoms with Crippen LogP contribution in [0.4, 0.5) is 9.18 Å². The number of fused-ring (bicyclic) bond motifs is 1. The number of urea groups is 1. The number of halogens is 1. The van der Waals surface area contributed by atoms with Crippen LogP contribution in [0.3, 0.4) is 0 Å². The predicted molar refractivity (Wildman–Crippen MR) is 103 cm³/mol. The molecule has 146 valence electrons. The first-order valence-corrected chi connectivity index (χ1v) is 8.81. The van der Waals surface area contributed by atoms with Gasteiger partial charge in [0.2, 0.25) is 0 Å². The van der Waals surface area contributed by atoms with E-state index < -0.39 is 24.5 Å². The van der Waals surface area contributed by atoms with E-state index in [9.17, 15) is 18.8 Å². The fourth-order valence-electron chi connectivity index (χ4n) is 3.34. The average Bonchev–Trinajstić information content (AvgIpc) is 3.16. The molecule has 2 N–H and O–H groups in total. The van der Waals surface area contributed by atoms with Crippen LogP contribution in [0.2, 0.25) is 0 Å². The second-order valence-corrected chi connectivity index (χ2v) is 6.59. The molecule has 0 aliphatic carbocycles. The Bertz CT molecular complexity index is 1180. The minimum absolute atomic E-state index is 0.00922. The molecule has 2 heterocycles. The number of para-hydroxylation sites is 1. The summed E-state index contributed by atoms with van der Waals surface area (Å²) in [5.41, 5.74) is 2.00. The van der Waals surface area contributed by atoms with E-state index in [0.29, 0.717) is 22.6 Å². The maximum atomic E-state index is 14.1. The molecular formula is C21H16FN3O4. The van der Waals surface area contributed by atoms with E-state index in [1.54, 1.807) is 24.4 Å². The molecule has 0 saturated carbocycles. The van der Waals surface area contributed by atoms with Gasteiger partial charge in [-0.1, -0.05) is 36.4 Å². The molecule has 0 bridgehead atoms. The summed E-state index contributed by atoms with van der Waals surface area (Å²) in [6.45, 7) is -0.418. The van der Waals surface area contributed by atoms with Gasteiger partial charge in [-0.3, -0.25) is 9.59 Å². The van der Waals surface area contributed by atoms with Crippen LogP contribution in [0, 0.1) is 5.82 Å². The Morgan fingerprint density at radius 2 is 1.83 bits per heavy atom. The molecule has 2 aromatic carbocycles. The number of nitrogens with zero attached hydrogens (tertiary/aromatic N) is 2. The normalized spacial score (nSPS) is 15.3. The number of imide groups is 1. The number of carbonyl (C=O) groups excluding carboxylic acids is 2. The van der Waals surface area contributed by atoms with Gasteiger partial charge in [-0.05, 0) is 18.2 Å². The summed E-state index contributed by atoms with van der Waals surface area (Å²) in [7, 11) is 0. The highest BCUT2D eigenvalue weighted by molar-refractivity contribution is 6.15. The third-order valence-electron chi connectivity index (χ3n) is 4.67. The fraction of sp³-hybridized carbons (Fsp3) is 0.0952. The lowest BCUT2D eigenvalue weighted by molar-refractivity contribution is -0.140. The lowest BCUT2D eigenvalue weighted by Gasteiger charge is -2.06. The Morgan fingerprint density at radius 3 is 2.59 bits per heavy atom. The van der Waals surface area contributed by atoms with Gasteiger partial charge in [-0.2, -0.15) is 0 Å². The van der Waals surface area contributed by atoms with Gasteiger partial charge in [-0.25, -0.2) is 14.1 Å². The van der Waals surface area contributed by atoms with Crippen LogP contribution in [-0.2, 0) is 16.1 Å². The Labute approximate surface area is 164 Å². The number of carboxylic acid groups (broad SMARTS) is 1. The van der Waals surface area contributed by atoms with Gasteiger partial charge in [0, 0.05) is 28.2 Å². The molecule has 3 aromatic rings. The molecule has 4 rings (SSSR count). The van der Waals surface area contributed by atoms with Crippen LogP contribution >= 0.6 is 0 Å². The number of benzene rings is 2. The first-order valence-electron chi connectivity index (χ1n) is 8.81. The minimum Gasteiger partial charge on any atom is -0.480 e. The number of amides is 3. The van der Waals surface area contributed by atoms with E-state index in [1.165, 1.54) is 12.1 Å². The molecule has 1 fully saturated rings. The third kappa shape index (κ3) is 3.47. The van der Waals surface area contributed by atoms with Crippen LogP contribution in [0.25, 0.3) is 17.0 Å². The van der Waals surface area contributed by atoms with E-state index in [-0.39, 0.29) is 11.5 Å². The Morgan fingerprint density at radius 1 is 1.10 bits per heavy atom. The zero-order chi connectivity index (χ0) is 20.5. The molecular weight excluding hydrogens is 377 g/mol. The fourth-order valence-corrected chi connectivity index (χ4v) is 3.34. The van der Waals surface area contributed by atoms with Gasteiger partial charge < -0.3 is 15.0 Å². The summed E-state index contributed by atoms with van der Waals surface area (Å²) in [5, 5.41) is 12.1. The molecule has 0 radical (unpaired) electrons. The number of aliphatic carboxylic acids is 1. The largest absolute Gasteiger partial charge is 0.480 e. The zero-order valence-electron chi connectivity index (χ0n) is 15.1. The van der Waals surface area contributed by atoms with Crippen LogP contribution < -0.4 is 5.32 Å². The molecule has 3 amide bonds. The van der Waals surface area contributed by atoms with Crippen LogP contribution in [0.5, 0.6) is 0 Å². The van der Waals surface area contributed by atoms with Crippen molar-refractivity contribution in [2.75, 3.05) is 6.54 Å².